The number of rotatable bonds is 4. The zero-order valence-corrected chi connectivity index (χ0v) is 14.5. The van der Waals surface area contributed by atoms with Gasteiger partial charge in [0, 0.05) is 45.1 Å². The molecule has 0 bridgehead atoms. The third-order valence-electron chi connectivity index (χ3n) is 4.73. The molecule has 2 aromatic heterocycles. The molecule has 0 amide bonds. The molecule has 1 aliphatic heterocycles. The highest BCUT2D eigenvalue weighted by Gasteiger charge is 2.26. The van der Waals surface area contributed by atoms with Crippen molar-refractivity contribution in [3.05, 3.63) is 35.4 Å². The lowest BCUT2D eigenvalue weighted by molar-refractivity contribution is 0.137. The van der Waals surface area contributed by atoms with Gasteiger partial charge in [-0.05, 0) is 32.4 Å². The highest BCUT2D eigenvalue weighted by atomic mass is 15.3. The maximum atomic E-state index is 4.77. The Morgan fingerprint density at radius 1 is 1.30 bits per heavy atom. The summed E-state index contributed by atoms with van der Waals surface area (Å²) in [5.74, 6) is 0.783. The third-order valence-corrected chi connectivity index (χ3v) is 4.73. The summed E-state index contributed by atoms with van der Waals surface area (Å²) in [6, 6.07) is 2.43. The zero-order valence-electron chi connectivity index (χ0n) is 14.5. The molecule has 6 heteroatoms. The molecule has 0 saturated carbocycles. The molecular weight excluding hydrogens is 288 g/mol. The number of nitrogens with zero attached hydrogens (tertiary/aromatic N) is 6. The molecule has 0 radical (unpaired) electrons. The predicted octanol–water partition coefficient (Wildman–Crippen LogP) is 2.31. The van der Waals surface area contributed by atoms with Crippen molar-refractivity contribution in [3.8, 4) is 0 Å². The van der Waals surface area contributed by atoms with Crippen molar-refractivity contribution in [3.63, 3.8) is 0 Å². The third kappa shape index (κ3) is 3.37. The summed E-state index contributed by atoms with van der Waals surface area (Å²) in [5.41, 5.74) is 3.68. The smallest absolute Gasteiger partial charge is 0.225 e. The SMILES string of the molecule is Cc1c(CN2CCCC[C@H]2c2ccnc(N(C)C)n2)cnn1C. The Hall–Kier alpha value is -1.95. The monoisotopic (exact) mass is 314 g/mol. The Morgan fingerprint density at radius 3 is 2.83 bits per heavy atom. The first-order valence-electron chi connectivity index (χ1n) is 8.28. The fraction of sp³-hybridized carbons (Fsp3) is 0.588. The molecule has 1 aliphatic rings. The Balaban J connectivity index is 1.84. The lowest BCUT2D eigenvalue weighted by Crippen LogP contribution is -2.33. The van der Waals surface area contributed by atoms with E-state index in [4.69, 9.17) is 4.98 Å². The van der Waals surface area contributed by atoms with Crippen LogP contribution >= 0.6 is 0 Å². The Labute approximate surface area is 138 Å². The van der Waals surface area contributed by atoms with E-state index in [-0.39, 0.29) is 0 Å². The lowest BCUT2D eigenvalue weighted by Gasteiger charge is -2.35. The first kappa shape index (κ1) is 15.9. The molecule has 0 aromatic carbocycles. The number of likely N-dealkylation sites (tertiary alicyclic amines) is 1. The molecule has 1 saturated heterocycles. The van der Waals surface area contributed by atoms with E-state index >= 15 is 0 Å². The molecule has 1 fully saturated rings. The van der Waals surface area contributed by atoms with Gasteiger partial charge >= 0.3 is 0 Å². The summed E-state index contributed by atoms with van der Waals surface area (Å²) in [7, 11) is 5.97. The molecule has 23 heavy (non-hydrogen) atoms. The highest BCUT2D eigenvalue weighted by Crippen LogP contribution is 2.31. The van der Waals surface area contributed by atoms with E-state index < -0.39 is 0 Å². The van der Waals surface area contributed by atoms with Crippen LogP contribution in [0.5, 0.6) is 0 Å². The molecule has 2 aromatic rings. The van der Waals surface area contributed by atoms with E-state index in [2.05, 4.69) is 28.0 Å². The van der Waals surface area contributed by atoms with E-state index in [1.54, 1.807) is 0 Å². The van der Waals surface area contributed by atoms with Crippen molar-refractivity contribution in [2.45, 2.75) is 38.8 Å². The van der Waals surface area contributed by atoms with Crippen LogP contribution in [-0.4, -0.2) is 45.3 Å². The fourth-order valence-electron chi connectivity index (χ4n) is 3.20. The predicted molar refractivity (Wildman–Crippen MR) is 91.3 cm³/mol. The summed E-state index contributed by atoms with van der Waals surface area (Å²) < 4.78 is 1.95. The van der Waals surface area contributed by atoms with Crippen LogP contribution < -0.4 is 4.90 Å². The second kappa shape index (κ2) is 6.66. The van der Waals surface area contributed by atoms with Crippen LogP contribution in [0.2, 0.25) is 0 Å². The topological polar surface area (TPSA) is 50.1 Å². The summed E-state index contributed by atoms with van der Waals surface area (Å²) >= 11 is 0. The summed E-state index contributed by atoms with van der Waals surface area (Å²) in [5, 5.41) is 4.37. The van der Waals surface area contributed by atoms with E-state index in [9.17, 15) is 0 Å². The Kier molecular flexibility index (Phi) is 4.61. The standard InChI is InChI=1S/C17H26N6/c1-13-14(11-19-22(13)4)12-23-10-6-5-7-16(23)15-8-9-18-17(20-15)21(2)3/h8-9,11,16H,5-7,10,12H2,1-4H3/t16-/m0/s1. The van der Waals surface area contributed by atoms with Crippen molar-refractivity contribution in [2.75, 3.05) is 25.5 Å². The van der Waals surface area contributed by atoms with Gasteiger partial charge in [0.15, 0.2) is 0 Å². The van der Waals surface area contributed by atoms with Gasteiger partial charge in [-0.2, -0.15) is 5.10 Å². The van der Waals surface area contributed by atoms with Gasteiger partial charge in [0.1, 0.15) is 0 Å². The zero-order chi connectivity index (χ0) is 16.4. The van der Waals surface area contributed by atoms with Crippen molar-refractivity contribution in [1.82, 2.24) is 24.6 Å². The van der Waals surface area contributed by atoms with Crippen molar-refractivity contribution >= 4 is 5.95 Å². The number of aromatic nitrogens is 4. The minimum atomic E-state index is 0.366. The summed E-state index contributed by atoms with van der Waals surface area (Å²) in [6.45, 7) is 4.18. The van der Waals surface area contributed by atoms with Crippen LogP contribution in [0.15, 0.2) is 18.5 Å². The van der Waals surface area contributed by atoms with Gasteiger partial charge in [-0.15, -0.1) is 0 Å². The Morgan fingerprint density at radius 2 is 2.13 bits per heavy atom. The van der Waals surface area contributed by atoms with E-state index in [1.165, 1.54) is 24.1 Å². The van der Waals surface area contributed by atoms with E-state index in [0.29, 0.717) is 6.04 Å². The van der Waals surface area contributed by atoms with Crippen LogP contribution in [0.4, 0.5) is 5.95 Å². The normalized spacial score (nSPS) is 19.0. The lowest BCUT2D eigenvalue weighted by atomic mass is 9.98. The van der Waals surface area contributed by atoms with Crippen LogP contribution in [0.3, 0.4) is 0 Å². The summed E-state index contributed by atoms with van der Waals surface area (Å²) in [6.07, 6.45) is 7.53. The average Bonchev–Trinajstić information content (AvgIpc) is 2.87. The highest BCUT2D eigenvalue weighted by molar-refractivity contribution is 5.28. The van der Waals surface area contributed by atoms with Crippen LogP contribution in [-0.2, 0) is 13.6 Å². The fourth-order valence-corrected chi connectivity index (χ4v) is 3.20. The first-order chi connectivity index (χ1) is 11.1. The molecular formula is C17H26N6. The number of piperidine rings is 1. The van der Waals surface area contributed by atoms with Crippen molar-refractivity contribution in [2.24, 2.45) is 7.05 Å². The molecule has 6 nitrogen and oxygen atoms in total. The number of aryl methyl sites for hydroxylation is 1. The van der Waals surface area contributed by atoms with Crippen LogP contribution in [0.1, 0.15) is 42.3 Å². The molecule has 0 spiro atoms. The molecule has 1 atom stereocenters. The van der Waals surface area contributed by atoms with Crippen molar-refractivity contribution in [1.29, 1.82) is 0 Å². The summed E-state index contributed by atoms with van der Waals surface area (Å²) in [4.78, 5) is 13.6. The van der Waals surface area contributed by atoms with Gasteiger partial charge in [-0.1, -0.05) is 6.42 Å². The number of hydrogen-bond donors (Lipinski definition) is 0. The average molecular weight is 314 g/mol. The molecule has 124 valence electrons. The quantitative estimate of drug-likeness (QED) is 0.867. The van der Waals surface area contributed by atoms with Gasteiger partial charge in [-0.3, -0.25) is 9.58 Å². The van der Waals surface area contributed by atoms with Gasteiger partial charge < -0.3 is 4.90 Å². The van der Waals surface area contributed by atoms with Gasteiger partial charge in [0.25, 0.3) is 0 Å². The first-order valence-corrected chi connectivity index (χ1v) is 8.28. The number of hydrogen-bond acceptors (Lipinski definition) is 5. The van der Waals surface area contributed by atoms with Crippen LogP contribution in [0.25, 0.3) is 0 Å². The minimum Gasteiger partial charge on any atom is -0.347 e. The van der Waals surface area contributed by atoms with Crippen molar-refractivity contribution < 1.29 is 0 Å². The second-order valence-corrected chi connectivity index (χ2v) is 6.54. The maximum absolute atomic E-state index is 4.77. The van der Waals surface area contributed by atoms with E-state index in [0.717, 1.165) is 31.2 Å². The second-order valence-electron chi connectivity index (χ2n) is 6.54. The maximum Gasteiger partial charge on any atom is 0.225 e. The number of anilines is 1. The molecule has 3 rings (SSSR count). The van der Waals surface area contributed by atoms with Crippen LogP contribution in [0, 0.1) is 6.92 Å². The van der Waals surface area contributed by atoms with E-state index in [1.807, 2.05) is 43.1 Å². The largest absolute Gasteiger partial charge is 0.347 e. The molecule has 0 unspecified atom stereocenters. The van der Waals surface area contributed by atoms with Gasteiger partial charge in [-0.25, -0.2) is 9.97 Å². The molecule has 0 N–H and O–H groups in total. The van der Waals surface area contributed by atoms with Gasteiger partial charge in [0.2, 0.25) is 5.95 Å². The van der Waals surface area contributed by atoms with Gasteiger partial charge in [0.05, 0.1) is 17.9 Å². The molecule has 0 aliphatic carbocycles. The molecule has 3 heterocycles. The minimum absolute atomic E-state index is 0.366. The Bertz CT molecular complexity index is 663.